The molecule has 1 heterocycles. The van der Waals surface area contributed by atoms with E-state index in [0.717, 1.165) is 5.56 Å². The molecule has 0 aliphatic carbocycles. The van der Waals surface area contributed by atoms with Gasteiger partial charge in [0.25, 0.3) is 0 Å². The van der Waals surface area contributed by atoms with Crippen LogP contribution in [-0.4, -0.2) is 4.57 Å². The van der Waals surface area contributed by atoms with Crippen molar-refractivity contribution in [3.63, 3.8) is 0 Å². The third-order valence-electron chi connectivity index (χ3n) is 1.25. The van der Waals surface area contributed by atoms with Gasteiger partial charge in [-0.3, -0.25) is 4.79 Å². The number of aromatic nitrogens is 1. The SMILES string of the molecule is CC.Cc1cn(C)ccc1=O. The third-order valence-corrected chi connectivity index (χ3v) is 1.25. The quantitative estimate of drug-likeness (QED) is 0.556. The summed E-state index contributed by atoms with van der Waals surface area (Å²) in [4.78, 5) is 10.8. The summed E-state index contributed by atoms with van der Waals surface area (Å²) in [6.07, 6.45) is 3.55. The molecule has 0 aromatic carbocycles. The summed E-state index contributed by atoms with van der Waals surface area (Å²) in [5, 5.41) is 0. The molecule has 0 saturated carbocycles. The molecule has 1 aromatic heterocycles. The largest absolute Gasteiger partial charge is 0.357 e. The van der Waals surface area contributed by atoms with Crippen LogP contribution in [-0.2, 0) is 7.05 Å². The minimum Gasteiger partial charge on any atom is -0.357 e. The van der Waals surface area contributed by atoms with Gasteiger partial charge in [0.2, 0.25) is 0 Å². The second-order valence-electron chi connectivity index (χ2n) is 2.16. The van der Waals surface area contributed by atoms with Crippen molar-refractivity contribution in [2.45, 2.75) is 20.8 Å². The Morgan fingerprint density at radius 3 is 2.27 bits per heavy atom. The van der Waals surface area contributed by atoms with Gasteiger partial charge in [-0.05, 0) is 6.92 Å². The molecule has 0 aliphatic heterocycles. The average Bonchev–Trinajstić information content (AvgIpc) is 2.02. The average molecular weight is 153 g/mol. The molecule has 1 aromatic rings. The van der Waals surface area contributed by atoms with E-state index in [-0.39, 0.29) is 5.43 Å². The van der Waals surface area contributed by atoms with E-state index in [1.807, 2.05) is 38.6 Å². The van der Waals surface area contributed by atoms with E-state index in [1.54, 1.807) is 12.3 Å². The van der Waals surface area contributed by atoms with Crippen LogP contribution in [0.1, 0.15) is 19.4 Å². The first kappa shape index (κ1) is 9.95. The maximum absolute atomic E-state index is 10.8. The molecule has 2 nitrogen and oxygen atoms in total. The molecule has 0 spiro atoms. The topological polar surface area (TPSA) is 22.0 Å². The maximum atomic E-state index is 10.8. The first-order valence-corrected chi connectivity index (χ1v) is 3.83. The molecule has 0 fully saturated rings. The fraction of sp³-hybridized carbons (Fsp3) is 0.444. The summed E-state index contributed by atoms with van der Waals surface area (Å²) in [5.74, 6) is 0. The second kappa shape index (κ2) is 4.72. The fourth-order valence-corrected chi connectivity index (χ4v) is 0.729. The van der Waals surface area contributed by atoms with E-state index in [1.165, 1.54) is 0 Å². The maximum Gasteiger partial charge on any atom is 0.184 e. The van der Waals surface area contributed by atoms with Crippen molar-refractivity contribution < 1.29 is 0 Å². The van der Waals surface area contributed by atoms with Gasteiger partial charge in [-0.15, -0.1) is 0 Å². The van der Waals surface area contributed by atoms with Crippen molar-refractivity contribution >= 4 is 0 Å². The van der Waals surface area contributed by atoms with E-state index in [0.29, 0.717) is 0 Å². The Morgan fingerprint density at radius 2 is 1.91 bits per heavy atom. The lowest BCUT2D eigenvalue weighted by atomic mass is 10.3. The molecule has 1 rings (SSSR count). The Bertz CT molecular complexity index is 263. The Kier molecular flexibility index (Phi) is 4.27. The normalized spacial score (nSPS) is 8.36. The third kappa shape index (κ3) is 3.03. The first-order valence-electron chi connectivity index (χ1n) is 3.83. The van der Waals surface area contributed by atoms with Gasteiger partial charge in [0, 0.05) is 31.1 Å². The highest BCUT2D eigenvalue weighted by atomic mass is 16.1. The number of hydrogen-bond donors (Lipinski definition) is 0. The molecule has 0 amide bonds. The summed E-state index contributed by atoms with van der Waals surface area (Å²) < 4.78 is 1.86. The van der Waals surface area contributed by atoms with Crippen molar-refractivity contribution in [2.24, 2.45) is 7.05 Å². The Hall–Kier alpha value is -1.05. The van der Waals surface area contributed by atoms with Crippen molar-refractivity contribution in [3.05, 3.63) is 34.2 Å². The molecule has 11 heavy (non-hydrogen) atoms. The van der Waals surface area contributed by atoms with Crippen LogP contribution in [0.4, 0.5) is 0 Å². The lowest BCUT2D eigenvalue weighted by Crippen LogP contribution is -2.05. The summed E-state index contributed by atoms with van der Waals surface area (Å²) in [7, 11) is 1.90. The van der Waals surface area contributed by atoms with Gasteiger partial charge < -0.3 is 4.57 Å². The smallest absolute Gasteiger partial charge is 0.184 e. The predicted octanol–water partition coefficient (Wildman–Crippen LogP) is 1.72. The molecule has 0 aliphatic rings. The highest BCUT2D eigenvalue weighted by Crippen LogP contribution is 1.84. The molecular formula is C9H15NO. The van der Waals surface area contributed by atoms with E-state index in [9.17, 15) is 4.79 Å². The summed E-state index contributed by atoms with van der Waals surface area (Å²) in [5.41, 5.74) is 0.896. The van der Waals surface area contributed by atoms with Crippen LogP contribution >= 0.6 is 0 Å². The summed E-state index contributed by atoms with van der Waals surface area (Å²) in [6.45, 7) is 5.81. The molecule has 0 atom stereocenters. The standard InChI is InChI=1S/C7H9NO.C2H6/c1-6-5-8(2)4-3-7(6)9;1-2/h3-5H,1-2H3;1-2H3. The van der Waals surface area contributed by atoms with Crippen LogP contribution < -0.4 is 5.43 Å². The highest BCUT2D eigenvalue weighted by Gasteiger charge is 1.87. The number of aryl methyl sites for hydroxylation is 2. The zero-order chi connectivity index (χ0) is 8.85. The Balaban J connectivity index is 0.000000461. The highest BCUT2D eigenvalue weighted by molar-refractivity contribution is 5.06. The van der Waals surface area contributed by atoms with Gasteiger partial charge >= 0.3 is 0 Å². The van der Waals surface area contributed by atoms with E-state index in [4.69, 9.17) is 0 Å². The molecule has 0 radical (unpaired) electrons. The summed E-state index contributed by atoms with van der Waals surface area (Å²) in [6, 6.07) is 1.56. The fourth-order valence-electron chi connectivity index (χ4n) is 0.729. The number of pyridine rings is 1. The first-order chi connectivity index (χ1) is 5.20. The van der Waals surface area contributed by atoms with Crippen molar-refractivity contribution in [2.75, 3.05) is 0 Å². The Morgan fingerprint density at radius 1 is 1.36 bits per heavy atom. The van der Waals surface area contributed by atoms with Crippen LogP contribution in [0, 0.1) is 6.92 Å². The van der Waals surface area contributed by atoms with Gasteiger partial charge in [-0.2, -0.15) is 0 Å². The molecular weight excluding hydrogens is 138 g/mol. The van der Waals surface area contributed by atoms with E-state index < -0.39 is 0 Å². The van der Waals surface area contributed by atoms with Crippen LogP contribution in [0.3, 0.4) is 0 Å². The van der Waals surface area contributed by atoms with Crippen LogP contribution in [0.2, 0.25) is 0 Å². The molecule has 2 heteroatoms. The molecule has 0 bridgehead atoms. The van der Waals surface area contributed by atoms with Crippen LogP contribution in [0.15, 0.2) is 23.3 Å². The minimum absolute atomic E-state index is 0.105. The lowest BCUT2D eigenvalue weighted by molar-refractivity contribution is 0.889. The molecule has 0 saturated heterocycles. The van der Waals surface area contributed by atoms with Crippen molar-refractivity contribution in [1.29, 1.82) is 0 Å². The van der Waals surface area contributed by atoms with Gasteiger partial charge in [-0.25, -0.2) is 0 Å². The van der Waals surface area contributed by atoms with Gasteiger partial charge in [-0.1, -0.05) is 13.8 Å². The van der Waals surface area contributed by atoms with Crippen molar-refractivity contribution in [3.8, 4) is 0 Å². The van der Waals surface area contributed by atoms with E-state index >= 15 is 0 Å². The number of rotatable bonds is 0. The lowest BCUT2D eigenvalue weighted by Gasteiger charge is -1.95. The van der Waals surface area contributed by atoms with Gasteiger partial charge in [0.15, 0.2) is 5.43 Å². The predicted molar refractivity (Wildman–Crippen MR) is 47.8 cm³/mol. The Labute approximate surface area is 67.5 Å². The zero-order valence-corrected chi connectivity index (χ0v) is 7.59. The second-order valence-corrected chi connectivity index (χ2v) is 2.16. The molecule has 0 unspecified atom stereocenters. The summed E-state index contributed by atoms with van der Waals surface area (Å²) >= 11 is 0. The van der Waals surface area contributed by atoms with Gasteiger partial charge in [0.05, 0.1) is 0 Å². The monoisotopic (exact) mass is 153 g/mol. The van der Waals surface area contributed by atoms with Crippen LogP contribution in [0.5, 0.6) is 0 Å². The number of nitrogens with zero attached hydrogens (tertiary/aromatic N) is 1. The van der Waals surface area contributed by atoms with Gasteiger partial charge in [0.1, 0.15) is 0 Å². The minimum atomic E-state index is 0.105. The number of hydrogen-bond acceptors (Lipinski definition) is 1. The zero-order valence-electron chi connectivity index (χ0n) is 7.59. The molecule has 62 valence electrons. The molecule has 0 N–H and O–H groups in total. The van der Waals surface area contributed by atoms with Crippen LogP contribution in [0.25, 0.3) is 0 Å². The van der Waals surface area contributed by atoms with E-state index in [2.05, 4.69) is 0 Å². The van der Waals surface area contributed by atoms with Crippen molar-refractivity contribution in [1.82, 2.24) is 4.57 Å².